The highest BCUT2D eigenvalue weighted by Crippen LogP contribution is 2.36. The van der Waals surface area contributed by atoms with Gasteiger partial charge < -0.3 is 10.1 Å². The van der Waals surface area contributed by atoms with E-state index >= 15 is 0 Å². The fraction of sp³-hybridized carbons (Fsp3) is 1.00. The van der Waals surface area contributed by atoms with Crippen molar-refractivity contribution in [2.24, 2.45) is 5.92 Å². The molecular weight excluding hydrogens is 248 g/mol. The number of nitrogens with one attached hydrogen (secondary N) is 1. The van der Waals surface area contributed by atoms with Gasteiger partial charge in [0, 0.05) is 38.3 Å². The first-order valence-corrected chi connectivity index (χ1v) is 8.83. The van der Waals surface area contributed by atoms with Gasteiger partial charge in [-0.3, -0.25) is 4.90 Å². The maximum Gasteiger partial charge on any atom is 0.0586 e. The van der Waals surface area contributed by atoms with Crippen LogP contribution in [0.4, 0.5) is 0 Å². The summed E-state index contributed by atoms with van der Waals surface area (Å²) in [5.41, 5.74) is 0. The third-order valence-electron chi connectivity index (χ3n) is 5.71. The van der Waals surface area contributed by atoms with Crippen molar-refractivity contribution in [2.45, 2.75) is 82.5 Å². The summed E-state index contributed by atoms with van der Waals surface area (Å²) in [6, 6.07) is 2.30. The van der Waals surface area contributed by atoms with E-state index in [4.69, 9.17) is 4.74 Å². The normalized spacial score (nSPS) is 39.9. The van der Waals surface area contributed by atoms with Gasteiger partial charge in [-0.05, 0) is 50.9 Å². The molecule has 116 valence electrons. The zero-order valence-electron chi connectivity index (χ0n) is 13.3. The molecule has 4 unspecified atom stereocenters. The molecule has 0 radical (unpaired) electrons. The third kappa shape index (κ3) is 3.37. The highest BCUT2D eigenvalue weighted by molar-refractivity contribution is 4.97. The van der Waals surface area contributed by atoms with Gasteiger partial charge in [0.05, 0.1) is 6.10 Å². The number of hydrogen-bond acceptors (Lipinski definition) is 3. The second kappa shape index (κ2) is 6.76. The Balaban J connectivity index is 1.64. The number of rotatable bonds is 5. The Bertz CT molecular complexity index is 305. The van der Waals surface area contributed by atoms with Gasteiger partial charge in [-0.25, -0.2) is 0 Å². The zero-order valence-corrected chi connectivity index (χ0v) is 13.3. The lowest BCUT2D eigenvalue weighted by atomic mass is 9.88. The van der Waals surface area contributed by atoms with Gasteiger partial charge >= 0.3 is 0 Å². The molecule has 2 aliphatic carbocycles. The number of hydrogen-bond donors (Lipinski definition) is 1. The molecule has 3 nitrogen and oxygen atoms in total. The molecule has 0 bridgehead atoms. The lowest BCUT2D eigenvalue weighted by Gasteiger charge is -2.47. The van der Waals surface area contributed by atoms with Gasteiger partial charge in [-0.1, -0.05) is 13.3 Å². The molecule has 20 heavy (non-hydrogen) atoms. The van der Waals surface area contributed by atoms with Crippen molar-refractivity contribution in [2.75, 3.05) is 20.2 Å². The van der Waals surface area contributed by atoms with E-state index in [9.17, 15) is 0 Å². The topological polar surface area (TPSA) is 24.5 Å². The molecule has 3 heteroatoms. The first-order chi connectivity index (χ1) is 9.81. The molecule has 1 heterocycles. The minimum Gasteiger partial charge on any atom is -0.381 e. The van der Waals surface area contributed by atoms with Crippen molar-refractivity contribution in [1.29, 1.82) is 0 Å². The van der Waals surface area contributed by atoms with Crippen LogP contribution in [0.15, 0.2) is 0 Å². The summed E-state index contributed by atoms with van der Waals surface area (Å²) in [7, 11) is 1.89. The predicted molar refractivity (Wildman–Crippen MR) is 83.0 cm³/mol. The van der Waals surface area contributed by atoms with E-state index in [0.29, 0.717) is 6.10 Å². The van der Waals surface area contributed by atoms with Crippen LogP contribution < -0.4 is 5.32 Å². The average molecular weight is 280 g/mol. The molecule has 0 aromatic carbocycles. The van der Waals surface area contributed by atoms with Crippen LogP contribution in [0.5, 0.6) is 0 Å². The van der Waals surface area contributed by atoms with Gasteiger partial charge in [0.2, 0.25) is 0 Å². The minimum atomic E-state index is 0.505. The summed E-state index contributed by atoms with van der Waals surface area (Å²) < 4.78 is 5.65. The fourth-order valence-corrected chi connectivity index (χ4v) is 4.34. The van der Waals surface area contributed by atoms with Crippen LogP contribution in [0.25, 0.3) is 0 Å². The highest BCUT2D eigenvalue weighted by atomic mass is 16.5. The van der Waals surface area contributed by atoms with Gasteiger partial charge in [0.1, 0.15) is 0 Å². The number of piperazine rings is 1. The molecule has 2 saturated carbocycles. The van der Waals surface area contributed by atoms with E-state index < -0.39 is 0 Å². The third-order valence-corrected chi connectivity index (χ3v) is 5.71. The van der Waals surface area contributed by atoms with Crippen LogP contribution in [0.2, 0.25) is 0 Å². The van der Waals surface area contributed by atoms with E-state index in [-0.39, 0.29) is 0 Å². The van der Waals surface area contributed by atoms with E-state index in [1.807, 2.05) is 7.11 Å². The molecule has 3 rings (SSSR count). The van der Waals surface area contributed by atoms with Crippen LogP contribution in [0.1, 0.15) is 58.3 Å². The summed E-state index contributed by atoms with van der Waals surface area (Å²) in [4.78, 5) is 2.87. The molecule has 3 fully saturated rings. The van der Waals surface area contributed by atoms with Crippen LogP contribution in [0.3, 0.4) is 0 Å². The number of methoxy groups -OCH3 is 1. The molecule has 1 aliphatic heterocycles. The smallest absolute Gasteiger partial charge is 0.0586 e. The van der Waals surface area contributed by atoms with Gasteiger partial charge in [0.15, 0.2) is 0 Å². The first-order valence-electron chi connectivity index (χ1n) is 8.83. The van der Waals surface area contributed by atoms with Gasteiger partial charge in [0.25, 0.3) is 0 Å². The Hall–Kier alpha value is -0.120. The Labute approximate surface area is 124 Å². The Morgan fingerprint density at radius 3 is 2.75 bits per heavy atom. The molecule has 1 saturated heterocycles. The Morgan fingerprint density at radius 1 is 1.20 bits per heavy atom. The van der Waals surface area contributed by atoms with Crippen LogP contribution in [0, 0.1) is 5.92 Å². The van der Waals surface area contributed by atoms with Crippen molar-refractivity contribution in [1.82, 2.24) is 10.2 Å². The largest absolute Gasteiger partial charge is 0.381 e. The van der Waals surface area contributed by atoms with Crippen molar-refractivity contribution in [3.8, 4) is 0 Å². The molecular formula is C17H32N2O. The van der Waals surface area contributed by atoms with Crippen molar-refractivity contribution < 1.29 is 4.74 Å². The summed E-state index contributed by atoms with van der Waals surface area (Å²) >= 11 is 0. The molecule has 0 spiro atoms. The second-order valence-corrected chi connectivity index (χ2v) is 7.17. The summed E-state index contributed by atoms with van der Waals surface area (Å²) in [5.74, 6) is 0.974. The van der Waals surface area contributed by atoms with Crippen molar-refractivity contribution >= 4 is 0 Å². The van der Waals surface area contributed by atoms with Gasteiger partial charge in [-0.2, -0.15) is 0 Å². The summed E-state index contributed by atoms with van der Waals surface area (Å²) in [5, 5.41) is 3.84. The second-order valence-electron chi connectivity index (χ2n) is 7.17. The molecule has 4 atom stereocenters. The molecule has 3 aliphatic rings. The molecule has 0 aromatic heterocycles. The lowest BCUT2D eigenvalue weighted by Crippen LogP contribution is -2.60. The minimum absolute atomic E-state index is 0.505. The number of ether oxygens (including phenoxy) is 1. The highest BCUT2D eigenvalue weighted by Gasteiger charge is 2.40. The maximum atomic E-state index is 5.65. The van der Waals surface area contributed by atoms with E-state index in [1.54, 1.807) is 0 Å². The summed E-state index contributed by atoms with van der Waals surface area (Å²) in [6.45, 7) is 4.82. The monoisotopic (exact) mass is 280 g/mol. The maximum absolute atomic E-state index is 5.65. The number of nitrogens with zero attached hydrogens (tertiary/aromatic N) is 1. The van der Waals surface area contributed by atoms with Crippen molar-refractivity contribution in [3.63, 3.8) is 0 Å². The van der Waals surface area contributed by atoms with Crippen molar-refractivity contribution in [3.05, 3.63) is 0 Å². The average Bonchev–Trinajstić information content (AvgIpc) is 3.33. The van der Waals surface area contributed by atoms with E-state index in [1.165, 1.54) is 64.5 Å². The van der Waals surface area contributed by atoms with Crippen LogP contribution >= 0.6 is 0 Å². The first kappa shape index (κ1) is 14.8. The lowest BCUT2D eigenvalue weighted by molar-refractivity contribution is -0.00350. The zero-order chi connectivity index (χ0) is 13.9. The fourth-order valence-electron chi connectivity index (χ4n) is 4.34. The Morgan fingerprint density at radius 2 is 2.05 bits per heavy atom. The molecule has 0 aromatic rings. The van der Waals surface area contributed by atoms with Gasteiger partial charge in [-0.15, -0.1) is 0 Å². The SMILES string of the molecule is CCCC1CNC(C2CC2)CN1C1CCCC(OC)C1. The van der Waals surface area contributed by atoms with Crippen LogP contribution in [-0.2, 0) is 4.74 Å². The quantitative estimate of drug-likeness (QED) is 0.838. The predicted octanol–water partition coefficient (Wildman–Crippen LogP) is 2.80. The van der Waals surface area contributed by atoms with E-state index in [2.05, 4.69) is 17.1 Å². The molecule has 0 amide bonds. The van der Waals surface area contributed by atoms with E-state index in [0.717, 1.165) is 24.0 Å². The molecule has 1 N–H and O–H groups in total. The summed E-state index contributed by atoms with van der Waals surface area (Å²) in [6.07, 6.45) is 11.3. The van der Waals surface area contributed by atoms with Crippen LogP contribution in [-0.4, -0.2) is 49.3 Å². The standard InChI is InChI=1S/C17H32N2O/c1-3-5-15-11-18-17(13-8-9-13)12-19(15)14-6-4-7-16(10-14)20-2/h13-18H,3-12H2,1-2H3. The Kier molecular flexibility index (Phi) is 5.00.